The predicted octanol–water partition coefficient (Wildman–Crippen LogP) is 5.14. The Morgan fingerprint density at radius 3 is 2.52 bits per heavy atom. The van der Waals surface area contributed by atoms with Gasteiger partial charge in [-0.05, 0) is 61.7 Å². The summed E-state index contributed by atoms with van der Waals surface area (Å²) in [5.74, 6) is -0.828. The van der Waals surface area contributed by atoms with Crippen molar-refractivity contribution in [3.63, 3.8) is 0 Å². The number of carbonyl (C=O) groups excluding carboxylic acids is 1. The van der Waals surface area contributed by atoms with Gasteiger partial charge in [-0.25, -0.2) is 13.8 Å². The molecule has 2 aromatic carbocycles. The van der Waals surface area contributed by atoms with Crippen LogP contribution in [0.2, 0.25) is 0 Å². The van der Waals surface area contributed by atoms with E-state index in [0.717, 1.165) is 10.4 Å². The van der Waals surface area contributed by atoms with Crippen LogP contribution in [0.5, 0.6) is 0 Å². The lowest BCUT2D eigenvalue weighted by atomic mass is 10.1. The molecule has 0 saturated heterocycles. The largest absolute Gasteiger partial charge is 0.292 e. The minimum Gasteiger partial charge on any atom is -0.292 e. The maximum absolute atomic E-state index is 14.3. The quantitative estimate of drug-likeness (QED) is 0.406. The normalized spacial score (nSPS) is 11.3. The fourth-order valence-corrected chi connectivity index (χ4v) is 4.57. The van der Waals surface area contributed by atoms with Gasteiger partial charge in [-0.1, -0.05) is 18.2 Å². The van der Waals surface area contributed by atoms with E-state index in [9.17, 15) is 18.4 Å². The maximum atomic E-state index is 14.3. The molecule has 2 aromatic heterocycles. The number of aryl methyl sites for hydroxylation is 3. The Kier molecular flexibility index (Phi) is 5.54. The Morgan fingerprint density at radius 2 is 1.81 bits per heavy atom. The second-order valence-corrected chi connectivity index (χ2v) is 8.74. The van der Waals surface area contributed by atoms with E-state index in [0.29, 0.717) is 32.7 Å². The Bertz CT molecular complexity index is 1390. The third-order valence-electron chi connectivity index (χ3n) is 5.46. The Labute approximate surface area is 181 Å². The van der Waals surface area contributed by atoms with Crippen LogP contribution in [0, 0.1) is 32.4 Å². The van der Waals surface area contributed by atoms with Crippen molar-refractivity contribution in [2.45, 2.75) is 33.7 Å². The zero-order valence-corrected chi connectivity index (χ0v) is 18.1. The van der Waals surface area contributed by atoms with Crippen LogP contribution in [0.15, 0.2) is 47.3 Å². The van der Waals surface area contributed by atoms with Crippen LogP contribution in [0.3, 0.4) is 0 Å². The molecule has 0 aliphatic rings. The van der Waals surface area contributed by atoms with E-state index in [1.54, 1.807) is 25.1 Å². The van der Waals surface area contributed by atoms with Gasteiger partial charge in [0.25, 0.3) is 5.56 Å². The first-order valence-corrected chi connectivity index (χ1v) is 10.6. The summed E-state index contributed by atoms with van der Waals surface area (Å²) >= 11 is 1.40. The van der Waals surface area contributed by atoms with E-state index in [1.165, 1.54) is 40.2 Å². The van der Waals surface area contributed by atoms with E-state index >= 15 is 0 Å². The number of fused-ring (bicyclic) bond motifs is 1. The first kappa shape index (κ1) is 21.1. The summed E-state index contributed by atoms with van der Waals surface area (Å²) in [6.45, 7) is 5.08. The number of Topliss-reactive ketones (excluding diaryl/α,β-unsaturated/α-hetero) is 1. The number of nitrogens with zero attached hydrogens (tertiary/aromatic N) is 2. The summed E-state index contributed by atoms with van der Waals surface area (Å²) in [5, 5.41) is 0.475. The molecule has 4 nitrogen and oxygen atoms in total. The van der Waals surface area contributed by atoms with Gasteiger partial charge < -0.3 is 0 Å². The molecular formula is C24H20F2N2O2S. The molecule has 31 heavy (non-hydrogen) atoms. The monoisotopic (exact) mass is 438 g/mol. The van der Waals surface area contributed by atoms with E-state index < -0.39 is 11.6 Å². The number of thiophene rings is 1. The van der Waals surface area contributed by atoms with Crippen molar-refractivity contribution in [3.05, 3.63) is 97.4 Å². The van der Waals surface area contributed by atoms with Gasteiger partial charge in [0, 0.05) is 16.9 Å². The van der Waals surface area contributed by atoms with Crippen LogP contribution in [0.25, 0.3) is 10.2 Å². The summed E-state index contributed by atoms with van der Waals surface area (Å²) in [6, 6.07) is 10.4. The molecule has 0 saturated carbocycles. The topological polar surface area (TPSA) is 52.0 Å². The van der Waals surface area contributed by atoms with Gasteiger partial charge in [-0.15, -0.1) is 11.3 Å². The molecule has 4 aromatic rings. The molecule has 0 fully saturated rings. The van der Waals surface area contributed by atoms with Crippen LogP contribution < -0.4 is 5.56 Å². The van der Waals surface area contributed by atoms with Gasteiger partial charge in [-0.2, -0.15) is 0 Å². The van der Waals surface area contributed by atoms with Gasteiger partial charge in [0.05, 0.1) is 11.9 Å². The lowest BCUT2D eigenvalue weighted by molar-refractivity contribution is 0.0969. The zero-order chi connectivity index (χ0) is 22.3. The fraction of sp³-hybridized carbons (Fsp3) is 0.208. The maximum Gasteiger partial charge on any atom is 0.262 e. The van der Waals surface area contributed by atoms with Crippen molar-refractivity contribution in [1.29, 1.82) is 0 Å². The summed E-state index contributed by atoms with van der Waals surface area (Å²) < 4.78 is 29.2. The number of ketones is 1. The average Bonchev–Trinajstić information content (AvgIpc) is 3.02. The Balaban J connectivity index is 1.84. The first-order chi connectivity index (χ1) is 14.8. The average molecular weight is 438 g/mol. The number of benzene rings is 2. The summed E-state index contributed by atoms with van der Waals surface area (Å²) in [5.41, 5.74) is 1.54. The van der Waals surface area contributed by atoms with Crippen molar-refractivity contribution in [2.24, 2.45) is 0 Å². The number of hydrogen-bond donors (Lipinski definition) is 0. The molecule has 0 bridgehead atoms. The van der Waals surface area contributed by atoms with E-state index in [2.05, 4.69) is 4.98 Å². The highest BCUT2D eigenvalue weighted by molar-refractivity contribution is 7.18. The number of rotatable bonds is 5. The van der Waals surface area contributed by atoms with Crippen LogP contribution in [-0.2, 0) is 13.0 Å². The molecule has 7 heteroatoms. The molecule has 0 aliphatic heterocycles. The van der Waals surface area contributed by atoms with E-state index in [1.807, 2.05) is 13.8 Å². The van der Waals surface area contributed by atoms with E-state index in [-0.39, 0.29) is 24.3 Å². The zero-order valence-electron chi connectivity index (χ0n) is 17.3. The summed E-state index contributed by atoms with van der Waals surface area (Å²) in [7, 11) is 0. The molecule has 0 unspecified atom stereocenters. The van der Waals surface area contributed by atoms with Crippen molar-refractivity contribution >= 4 is 27.3 Å². The van der Waals surface area contributed by atoms with Crippen LogP contribution in [0.4, 0.5) is 8.78 Å². The van der Waals surface area contributed by atoms with Gasteiger partial charge >= 0.3 is 0 Å². The Hall–Kier alpha value is -3.19. The number of aromatic nitrogens is 2. The van der Waals surface area contributed by atoms with Gasteiger partial charge in [0.2, 0.25) is 0 Å². The predicted molar refractivity (Wildman–Crippen MR) is 118 cm³/mol. The molecular weight excluding hydrogens is 418 g/mol. The molecule has 0 aliphatic carbocycles. The second-order valence-electron chi connectivity index (χ2n) is 7.54. The molecule has 4 rings (SSSR count). The number of carbonyl (C=O) groups is 1. The van der Waals surface area contributed by atoms with Crippen molar-refractivity contribution in [3.8, 4) is 0 Å². The minimum absolute atomic E-state index is 0.0730. The highest BCUT2D eigenvalue weighted by atomic mass is 32.1. The highest BCUT2D eigenvalue weighted by Crippen LogP contribution is 2.27. The third-order valence-corrected chi connectivity index (χ3v) is 6.56. The van der Waals surface area contributed by atoms with Crippen molar-refractivity contribution < 1.29 is 13.6 Å². The molecule has 0 spiro atoms. The summed E-state index contributed by atoms with van der Waals surface area (Å²) in [6.07, 6.45) is 0.0730. The third kappa shape index (κ3) is 3.93. The minimum atomic E-state index is -0.401. The lowest BCUT2D eigenvalue weighted by Gasteiger charge is -2.13. The first-order valence-electron chi connectivity index (χ1n) is 9.78. The highest BCUT2D eigenvalue weighted by Gasteiger charge is 2.20. The van der Waals surface area contributed by atoms with Crippen molar-refractivity contribution in [2.75, 3.05) is 0 Å². The lowest BCUT2D eigenvalue weighted by Crippen LogP contribution is -2.29. The molecule has 0 N–H and O–H groups in total. The SMILES string of the molecule is Cc1cc(C(=O)Cn2c(Cc3ccccc3F)nc3sc(C)c(C)c3c2=O)ccc1F. The van der Waals surface area contributed by atoms with Crippen LogP contribution in [0.1, 0.15) is 37.7 Å². The Morgan fingerprint density at radius 1 is 1.06 bits per heavy atom. The van der Waals surface area contributed by atoms with Gasteiger partial charge in [0.15, 0.2) is 5.78 Å². The second kappa shape index (κ2) is 8.15. The van der Waals surface area contributed by atoms with Gasteiger partial charge in [-0.3, -0.25) is 14.2 Å². The smallest absolute Gasteiger partial charge is 0.262 e. The molecule has 0 amide bonds. The van der Waals surface area contributed by atoms with Crippen LogP contribution >= 0.6 is 11.3 Å². The fourth-order valence-electron chi connectivity index (χ4n) is 3.53. The molecule has 0 radical (unpaired) electrons. The number of halogens is 2. The molecule has 158 valence electrons. The summed E-state index contributed by atoms with van der Waals surface area (Å²) in [4.78, 5) is 32.5. The molecule has 2 heterocycles. The van der Waals surface area contributed by atoms with E-state index in [4.69, 9.17) is 0 Å². The van der Waals surface area contributed by atoms with Gasteiger partial charge in [0.1, 0.15) is 22.3 Å². The van der Waals surface area contributed by atoms with Crippen molar-refractivity contribution in [1.82, 2.24) is 9.55 Å². The molecule has 0 atom stereocenters. The van der Waals surface area contributed by atoms with Crippen LogP contribution in [-0.4, -0.2) is 15.3 Å². The number of hydrogen-bond acceptors (Lipinski definition) is 4. The standard InChI is InChI=1S/C24H20F2N2O2S/c1-13-10-17(8-9-18(13)25)20(29)12-28-21(11-16-6-4-5-7-19(16)26)27-23-22(24(28)30)14(2)15(3)31-23/h4-10H,11-12H2,1-3H3.